The fourth-order valence-corrected chi connectivity index (χ4v) is 2.67. The number of rotatable bonds is 3. The third-order valence-corrected chi connectivity index (χ3v) is 3.67. The van der Waals surface area contributed by atoms with Crippen molar-refractivity contribution in [3.8, 4) is 0 Å². The molecule has 1 atom stereocenters. The van der Waals surface area contributed by atoms with Gasteiger partial charge in [-0.05, 0) is 43.7 Å². The molecule has 1 aromatic carbocycles. The van der Waals surface area contributed by atoms with Crippen molar-refractivity contribution in [2.45, 2.75) is 23.8 Å². The Bertz CT molecular complexity index is 278. The molecule has 1 aliphatic rings. The zero-order valence-electron chi connectivity index (χ0n) is 8.20. The Morgan fingerprint density at radius 3 is 2.79 bits per heavy atom. The molecule has 3 heteroatoms. The Morgan fingerprint density at radius 2 is 2.14 bits per heavy atom. The molecule has 0 saturated carbocycles. The molecule has 2 rings (SSSR count). The van der Waals surface area contributed by atoms with Gasteiger partial charge in [0.2, 0.25) is 0 Å². The molecule has 1 heterocycles. The van der Waals surface area contributed by atoms with E-state index < -0.39 is 0 Å². The highest BCUT2D eigenvalue weighted by Gasteiger charge is 2.13. The van der Waals surface area contributed by atoms with E-state index in [-0.39, 0.29) is 0 Å². The standard InChI is InChI=1S/C11H16N2S/c12-9-3-5-11(6-4-9)14-8-10-2-1-7-13-10/h3-6,10,13H,1-2,7-8,12H2/t10-/m0/s1. The maximum absolute atomic E-state index is 5.62. The zero-order valence-corrected chi connectivity index (χ0v) is 9.02. The van der Waals surface area contributed by atoms with E-state index >= 15 is 0 Å². The van der Waals surface area contributed by atoms with E-state index in [1.165, 1.54) is 30.0 Å². The largest absolute Gasteiger partial charge is 0.399 e. The van der Waals surface area contributed by atoms with Crippen molar-refractivity contribution in [1.29, 1.82) is 0 Å². The number of hydrogen-bond donors (Lipinski definition) is 2. The Balaban J connectivity index is 1.82. The minimum absolute atomic E-state index is 0.706. The van der Waals surface area contributed by atoms with E-state index in [2.05, 4.69) is 17.4 Å². The number of hydrogen-bond acceptors (Lipinski definition) is 3. The van der Waals surface area contributed by atoms with Gasteiger partial charge in [-0.2, -0.15) is 0 Å². The van der Waals surface area contributed by atoms with Gasteiger partial charge in [0.25, 0.3) is 0 Å². The van der Waals surface area contributed by atoms with Crippen LogP contribution < -0.4 is 11.1 Å². The molecule has 14 heavy (non-hydrogen) atoms. The fourth-order valence-electron chi connectivity index (χ4n) is 1.66. The van der Waals surface area contributed by atoms with Crippen molar-refractivity contribution < 1.29 is 0 Å². The lowest BCUT2D eigenvalue weighted by atomic mass is 10.3. The van der Waals surface area contributed by atoms with Gasteiger partial charge in [0, 0.05) is 22.4 Å². The summed E-state index contributed by atoms with van der Waals surface area (Å²) >= 11 is 1.91. The lowest BCUT2D eigenvalue weighted by Crippen LogP contribution is -2.23. The summed E-state index contributed by atoms with van der Waals surface area (Å²) in [5.74, 6) is 1.17. The number of nitrogens with two attached hydrogens (primary N) is 1. The van der Waals surface area contributed by atoms with Gasteiger partial charge in [-0.3, -0.25) is 0 Å². The van der Waals surface area contributed by atoms with Gasteiger partial charge in [0.15, 0.2) is 0 Å². The molecule has 0 unspecified atom stereocenters. The van der Waals surface area contributed by atoms with Crippen LogP contribution in [0.1, 0.15) is 12.8 Å². The number of nitrogen functional groups attached to an aromatic ring is 1. The van der Waals surface area contributed by atoms with E-state index in [0.29, 0.717) is 6.04 Å². The van der Waals surface area contributed by atoms with E-state index in [1.807, 2.05) is 23.9 Å². The second-order valence-corrected chi connectivity index (χ2v) is 4.77. The molecule has 76 valence electrons. The van der Waals surface area contributed by atoms with Crippen molar-refractivity contribution in [3.05, 3.63) is 24.3 Å². The number of thioether (sulfide) groups is 1. The van der Waals surface area contributed by atoms with Gasteiger partial charge in [0.05, 0.1) is 0 Å². The average molecular weight is 208 g/mol. The predicted octanol–water partition coefficient (Wildman–Crippen LogP) is 2.11. The normalized spacial score (nSPS) is 21.3. The van der Waals surface area contributed by atoms with Crippen LogP contribution in [0.15, 0.2) is 29.2 Å². The van der Waals surface area contributed by atoms with Crippen LogP contribution in [0, 0.1) is 0 Å². The Morgan fingerprint density at radius 1 is 1.36 bits per heavy atom. The van der Waals surface area contributed by atoms with Gasteiger partial charge in [-0.25, -0.2) is 0 Å². The quantitative estimate of drug-likeness (QED) is 0.590. The van der Waals surface area contributed by atoms with Crippen LogP contribution in [-0.4, -0.2) is 18.3 Å². The predicted molar refractivity (Wildman–Crippen MR) is 62.6 cm³/mol. The lowest BCUT2D eigenvalue weighted by molar-refractivity contribution is 0.674. The fraction of sp³-hybridized carbons (Fsp3) is 0.455. The SMILES string of the molecule is Nc1ccc(SC[C@@H]2CCCN2)cc1. The Kier molecular flexibility index (Phi) is 3.32. The smallest absolute Gasteiger partial charge is 0.0314 e. The Hall–Kier alpha value is -0.670. The first-order valence-corrected chi connectivity index (χ1v) is 6.05. The molecule has 0 radical (unpaired) electrons. The molecule has 0 aliphatic carbocycles. The van der Waals surface area contributed by atoms with Crippen molar-refractivity contribution >= 4 is 17.4 Å². The third-order valence-electron chi connectivity index (χ3n) is 2.49. The van der Waals surface area contributed by atoms with E-state index in [9.17, 15) is 0 Å². The van der Waals surface area contributed by atoms with Gasteiger partial charge >= 0.3 is 0 Å². The molecule has 0 amide bonds. The summed E-state index contributed by atoms with van der Waals surface area (Å²) in [7, 11) is 0. The second-order valence-electron chi connectivity index (χ2n) is 3.67. The van der Waals surface area contributed by atoms with Crippen LogP contribution in [0.5, 0.6) is 0 Å². The molecule has 0 spiro atoms. The van der Waals surface area contributed by atoms with Gasteiger partial charge in [-0.1, -0.05) is 0 Å². The molecular formula is C11H16N2S. The molecule has 3 N–H and O–H groups in total. The van der Waals surface area contributed by atoms with Crippen molar-refractivity contribution in [1.82, 2.24) is 5.32 Å². The first-order valence-electron chi connectivity index (χ1n) is 5.06. The molecular weight excluding hydrogens is 192 g/mol. The number of nitrogens with one attached hydrogen (secondary N) is 1. The summed E-state index contributed by atoms with van der Waals surface area (Å²) in [5, 5.41) is 3.49. The highest BCUT2D eigenvalue weighted by molar-refractivity contribution is 7.99. The monoisotopic (exact) mass is 208 g/mol. The third kappa shape index (κ3) is 2.66. The van der Waals surface area contributed by atoms with Crippen molar-refractivity contribution in [2.75, 3.05) is 18.0 Å². The minimum Gasteiger partial charge on any atom is -0.399 e. The average Bonchev–Trinajstić information content (AvgIpc) is 2.70. The van der Waals surface area contributed by atoms with Crippen LogP contribution >= 0.6 is 11.8 Å². The van der Waals surface area contributed by atoms with Gasteiger partial charge < -0.3 is 11.1 Å². The molecule has 0 aromatic heterocycles. The number of anilines is 1. The zero-order chi connectivity index (χ0) is 9.80. The maximum atomic E-state index is 5.62. The van der Waals surface area contributed by atoms with Crippen LogP contribution in [0.25, 0.3) is 0 Å². The van der Waals surface area contributed by atoms with Crippen molar-refractivity contribution in [2.24, 2.45) is 0 Å². The summed E-state index contributed by atoms with van der Waals surface area (Å²) in [6, 6.07) is 8.82. The molecule has 1 aliphatic heterocycles. The minimum atomic E-state index is 0.706. The maximum Gasteiger partial charge on any atom is 0.0314 e. The summed E-state index contributed by atoms with van der Waals surface area (Å²) in [6.07, 6.45) is 2.65. The topological polar surface area (TPSA) is 38.0 Å². The first-order chi connectivity index (χ1) is 6.84. The molecule has 0 bridgehead atoms. The summed E-state index contributed by atoms with van der Waals surface area (Å²) in [5.41, 5.74) is 6.46. The molecule has 2 nitrogen and oxygen atoms in total. The van der Waals surface area contributed by atoms with Crippen LogP contribution in [0.2, 0.25) is 0 Å². The highest BCUT2D eigenvalue weighted by Crippen LogP contribution is 2.22. The summed E-state index contributed by atoms with van der Waals surface area (Å²) in [6.45, 7) is 1.19. The second kappa shape index (κ2) is 4.71. The van der Waals surface area contributed by atoms with Crippen molar-refractivity contribution in [3.63, 3.8) is 0 Å². The van der Waals surface area contributed by atoms with Crippen LogP contribution in [-0.2, 0) is 0 Å². The number of benzene rings is 1. The lowest BCUT2D eigenvalue weighted by Gasteiger charge is -2.09. The highest BCUT2D eigenvalue weighted by atomic mass is 32.2. The van der Waals surface area contributed by atoms with E-state index in [1.54, 1.807) is 0 Å². The van der Waals surface area contributed by atoms with Gasteiger partial charge in [-0.15, -0.1) is 11.8 Å². The van der Waals surface area contributed by atoms with Crippen LogP contribution in [0.4, 0.5) is 5.69 Å². The first kappa shape index (κ1) is 9.87. The molecule has 1 aromatic rings. The summed E-state index contributed by atoms with van der Waals surface area (Å²) in [4.78, 5) is 1.31. The molecule has 1 saturated heterocycles. The van der Waals surface area contributed by atoms with Gasteiger partial charge in [0.1, 0.15) is 0 Å². The molecule has 1 fully saturated rings. The summed E-state index contributed by atoms with van der Waals surface area (Å²) < 4.78 is 0. The Labute approximate surface area is 89.3 Å². The van der Waals surface area contributed by atoms with Crippen LogP contribution in [0.3, 0.4) is 0 Å². The van der Waals surface area contributed by atoms with E-state index in [4.69, 9.17) is 5.73 Å². The van der Waals surface area contributed by atoms with E-state index in [0.717, 1.165) is 5.69 Å².